The number of nitrogens with one attached hydrogen (secondary N) is 1. The van der Waals surface area contributed by atoms with Crippen molar-refractivity contribution in [1.82, 2.24) is 5.32 Å². The molecule has 17 heavy (non-hydrogen) atoms. The zero-order chi connectivity index (χ0) is 12.9. The number of rotatable bonds is 8. The van der Waals surface area contributed by atoms with Crippen LogP contribution in [-0.4, -0.2) is 31.2 Å². The lowest BCUT2D eigenvalue weighted by atomic mass is 9.96. The number of hydrogen-bond acceptors (Lipinski definition) is 3. The van der Waals surface area contributed by atoms with Crippen molar-refractivity contribution in [2.45, 2.75) is 45.6 Å². The maximum atomic E-state index is 11.8. The highest BCUT2D eigenvalue weighted by atomic mass is 16.5. The minimum absolute atomic E-state index is 0.0486. The van der Waals surface area contributed by atoms with E-state index in [1.54, 1.807) is 0 Å². The minimum atomic E-state index is -0.696. The first kappa shape index (κ1) is 14.5. The Hall–Kier alpha value is -0.610. The van der Waals surface area contributed by atoms with Crippen LogP contribution in [-0.2, 0) is 9.53 Å². The van der Waals surface area contributed by atoms with Gasteiger partial charge in [0.2, 0.25) is 5.91 Å². The zero-order valence-corrected chi connectivity index (χ0v) is 11.3. The van der Waals surface area contributed by atoms with Crippen LogP contribution in [0.5, 0.6) is 0 Å². The monoisotopic (exact) mass is 242 g/mol. The quantitative estimate of drug-likeness (QED) is 0.630. The van der Waals surface area contributed by atoms with Crippen molar-refractivity contribution in [2.75, 3.05) is 19.8 Å². The van der Waals surface area contributed by atoms with Crippen LogP contribution in [0.4, 0.5) is 0 Å². The summed E-state index contributed by atoms with van der Waals surface area (Å²) in [6.07, 6.45) is 3.21. The third kappa shape index (κ3) is 5.04. The molecule has 0 aromatic heterocycles. The van der Waals surface area contributed by atoms with E-state index in [0.717, 1.165) is 25.9 Å². The summed E-state index contributed by atoms with van der Waals surface area (Å²) in [6, 6.07) is 0. The van der Waals surface area contributed by atoms with Gasteiger partial charge >= 0.3 is 0 Å². The lowest BCUT2D eigenvalue weighted by molar-refractivity contribution is -0.126. The van der Waals surface area contributed by atoms with Crippen molar-refractivity contribution in [1.29, 1.82) is 0 Å². The molecule has 0 spiro atoms. The van der Waals surface area contributed by atoms with Gasteiger partial charge in [-0.3, -0.25) is 4.79 Å². The molecule has 1 fully saturated rings. The summed E-state index contributed by atoms with van der Waals surface area (Å²) in [6.45, 7) is 8.03. The van der Waals surface area contributed by atoms with Crippen LogP contribution in [0.15, 0.2) is 0 Å². The summed E-state index contributed by atoms with van der Waals surface area (Å²) in [5, 5.41) is 2.84. The van der Waals surface area contributed by atoms with Gasteiger partial charge in [-0.2, -0.15) is 0 Å². The predicted molar refractivity (Wildman–Crippen MR) is 68.6 cm³/mol. The Morgan fingerprint density at radius 1 is 1.47 bits per heavy atom. The summed E-state index contributed by atoms with van der Waals surface area (Å²) in [5.74, 6) is 0.976. The number of amides is 1. The molecule has 1 aliphatic carbocycles. The average Bonchev–Trinajstić information content (AvgIpc) is 3.05. The zero-order valence-electron chi connectivity index (χ0n) is 11.3. The Morgan fingerprint density at radius 3 is 2.65 bits per heavy atom. The molecule has 0 bridgehead atoms. The molecular formula is C13H26N2O2. The van der Waals surface area contributed by atoms with Gasteiger partial charge in [0, 0.05) is 13.2 Å². The van der Waals surface area contributed by atoms with E-state index in [-0.39, 0.29) is 5.91 Å². The van der Waals surface area contributed by atoms with Crippen molar-refractivity contribution >= 4 is 5.91 Å². The first-order chi connectivity index (χ1) is 7.94. The molecule has 0 radical (unpaired) electrons. The van der Waals surface area contributed by atoms with Gasteiger partial charge in [0.1, 0.15) is 0 Å². The van der Waals surface area contributed by atoms with E-state index in [4.69, 9.17) is 10.5 Å². The Balaban J connectivity index is 2.04. The van der Waals surface area contributed by atoms with Gasteiger partial charge in [0.15, 0.2) is 0 Å². The second kappa shape index (κ2) is 6.36. The first-order valence-electron chi connectivity index (χ1n) is 6.59. The highest BCUT2D eigenvalue weighted by Gasteiger charge is 2.43. The molecule has 0 aromatic rings. The van der Waals surface area contributed by atoms with E-state index < -0.39 is 5.54 Å². The molecule has 0 aromatic carbocycles. The summed E-state index contributed by atoms with van der Waals surface area (Å²) in [7, 11) is 0. The van der Waals surface area contributed by atoms with Gasteiger partial charge in [-0.15, -0.1) is 0 Å². The standard InChI is InChI=1S/C13H26N2O2/c1-10(2)6-8-17-9-7-15-12(16)13(3,14)11-4-5-11/h10-11H,4-9,14H2,1-3H3,(H,15,16). The van der Waals surface area contributed by atoms with E-state index in [2.05, 4.69) is 19.2 Å². The number of carbonyl (C=O) groups is 1. The van der Waals surface area contributed by atoms with Crippen LogP contribution in [0.2, 0.25) is 0 Å². The maximum absolute atomic E-state index is 11.8. The Kier molecular flexibility index (Phi) is 5.40. The van der Waals surface area contributed by atoms with Crippen molar-refractivity contribution in [2.24, 2.45) is 17.6 Å². The third-order valence-electron chi connectivity index (χ3n) is 3.29. The normalized spacial score (nSPS) is 19.1. The summed E-state index contributed by atoms with van der Waals surface area (Å²) >= 11 is 0. The van der Waals surface area contributed by atoms with Crippen molar-refractivity contribution < 1.29 is 9.53 Å². The molecule has 4 nitrogen and oxygen atoms in total. The van der Waals surface area contributed by atoms with Crippen molar-refractivity contribution in [3.8, 4) is 0 Å². The Labute approximate surface area is 104 Å². The fourth-order valence-corrected chi connectivity index (χ4v) is 1.72. The van der Waals surface area contributed by atoms with Gasteiger partial charge in [-0.05, 0) is 38.0 Å². The van der Waals surface area contributed by atoms with Gasteiger partial charge in [0.25, 0.3) is 0 Å². The SMILES string of the molecule is CC(C)CCOCCNC(=O)C(C)(N)C1CC1. The van der Waals surface area contributed by atoms with Gasteiger partial charge in [-0.1, -0.05) is 13.8 Å². The summed E-state index contributed by atoms with van der Waals surface area (Å²) < 4.78 is 5.43. The topological polar surface area (TPSA) is 64.3 Å². The predicted octanol–water partition coefficient (Wildman–Crippen LogP) is 1.29. The maximum Gasteiger partial charge on any atom is 0.240 e. The Morgan fingerprint density at radius 2 is 2.12 bits per heavy atom. The highest BCUT2D eigenvalue weighted by molar-refractivity contribution is 5.86. The number of hydrogen-bond donors (Lipinski definition) is 2. The molecular weight excluding hydrogens is 216 g/mol. The summed E-state index contributed by atoms with van der Waals surface area (Å²) in [4.78, 5) is 11.8. The van der Waals surface area contributed by atoms with E-state index >= 15 is 0 Å². The number of carbonyl (C=O) groups excluding carboxylic acids is 1. The molecule has 100 valence electrons. The van der Waals surface area contributed by atoms with Crippen molar-refractivity contribution in [3.05, 3.63) is 0 Å². The average molecular weight is 242 g/mol. The smallest absolute Gasteiger partial charge is 0.240 e. The van der Waals surface area contributed by atoms with E-state index in [1.807, 2.05) is 6.92 Å². The highest BCUT2D eigenvalue weighted by Crippen LogP contribution is 2.37. The van der Waals surface area contributed by atoms with E-state index in [1.165, 1.54) is 0 Å². The van der Waals surface area contributed by atoms with Crippen LogP contribution >= 0.6 is 0 Å². The molecule has 1 rings (SSSR count). The number of nitrogens with two attached hydrogens (primary N) is 1. The van der Waals surface area contributed by atoms with E-state index in [9.17, 15) is 4.79 Å². The van der Waals surface area contributed by atoms with Crippen molar-refractivity contribution in [3.63, 3.8) is 0 Å². The molecule has 0 aliphatic heterocycles. The lowest BCUT2D eigenvalue weighted by Crippen LogP contribution is -2.53. The molecule has 1 saturated carbocycles. The molecule has 1 amide bonds. The molecule has 3 N–H and O–H groups in total. The Bertz CT molecular complexity index is 248. The lowest BCUT2D eigenvalue weighted by Gasteiger charge is -2.23. The first-order valence-corrected chi connectivity index (χ1v) is 6.59. The molecule has 1 unspecified atom stereocenters. The van der Waals surface area contributed by atoms with Gasteiger partial charge in [0.05, 0.1) is 12.1 Å². The molecule has 1 aliphatic rings. The van der Waals surface area contributed by atoms with Crippen LogP contribution in [0.25, 0.3) is 0 Å². The van der Waals surface area contributed by atoms with Crippen LogP contribution < -0.4 is 11.1 Å². The third-order valence-corrected chi connectivity index (χ3v) is 3.29. The fraction of sp³-hybridized carbons (Fsp3) is 0.923. The summed E-state index contributed by atoms with van der Waals surface area (Å²) in [5.41, 5.74) is 5.30. The largest absolute Gasteiger partial charge is 0.380 e. The second-order valence-corrected chi connectivity index (χ2v) is 5.61. The van der Waals surface area contributed by atoms with Gasteiger partial charge < -0.3 is 15.8 Å². The van der Waals surface area contributed by atoms with Crippen LogP contribution in [0.3, 0.4) is 0 Å². The fourth-order valence-electron chi connectivity index (χ4n) is 1.72. The second-order valence-electron chi connectivity index (χ2n) is 5.61. The minimum Gasteiger partial charge on any atom is -0.380 e. The van der Waals surface area contributed by atoms with Crippen LogP contribution in [0, 0.1) is 11.8 Å². The van der Waals surface area contributed by atoms with E-state index in [0.29, 0.717) is 25.0 Å². The van der Waals surface area contributed by atoms with Gasteiger partial charge in [-0.25, -0.2) is 0 Å². The number of ether oxygens (including phenoxy) is 1. The molecule has 1 atom stereocenters. The molecule has 0 saturated heterocycles. The van der Waals surface area contributed by atoms with Crippen LogP contribution in [0.1, 0.15) is 40.0 Å². The molecule has 0 heterocycles. The molecule has 4 heteroatoms.